The summed E-state index contributed by atoms with van der Waals surface area (Å²) in [6.07, 6.45) is 4.75. The van der Waals surface area contributed by atoms with Crippen molar-refractivity contribution < 1.29 is 49.5 Å². The van der Waals surface area contributed by atoms with Gasteiger partial charge in [-0.2, -0.15) is 0 Å². The van der Waals surface area contributed by atoms with E-state index in [0.29, 0.717) is 0 Å². The van der Waals surface area contributed by atoms with Crippen LogP contribution in [0.5, 0.6) is 5.75 Å². The zero-order valence-electron chi connectivity index (χ0n) is 6.18. The molecule has 0 fully saturated rings. The average Bonchev–Trinajstić information content (AvgIpc) is 2.05. The van der Waals surface area contributed by atoms with E-state index >= 15 is 0 Å². The van der Waals surface area contributed by atoms with Crippen LogP contribution in [0.4, 0.5) is 0 Å². The molecule has 2 radical (unpaired) electrons. The Hall–Kier alpha value is 0.241. The minimum absolute atomic E-state index is 0. The van der Waals surface area contributed by atoms with Crippen LogP contribution in [0.25, 0.3) is 0 Å². The molecule has 1 aromatic carbocycles. The van der Waals surface area contributed by atoms with E-state index in [0.717, 1.165) is 12.2 Å². The van der Waals surface area contributed by atoms with Gasteiger partial charge in [0.1, 0.15) is 5.75 Å². The topological polar surface area (TPSA) is 9.23 Å². The van der Waals surface area contributed by atoms with E-state index in [2.05, 4.69) is 6.07 Å². The number of ether oxygens (including phenoxy) is 1. The molecule has 12 heavy (non-hydrogen) atoms. The molecule has 0 amide bonds. The van der Waals surface area contributed by atoms with Gasteiger partial charge in [-0.1, -0.05) is 18.2 Å². The van der Waals surface area contributed by atoms with Gasteiger partial charge >= 0.3 is 0 Å². The summed E-state index contributed by atoms with van der Waals surface area (Å²) >= 11 is 0. The Morgan fingerprint density at radius 3 is 2.67 bits per heavy atom. The van der Waals surface area contributed by atoms with Gasteiger partial charge in [-0.3, -0.25) is 0 Å². The van der Waals surface area contributed by atoms with Crippen molar-refractivity contribution in [3.05, 3.63) is 42.2 Å². The maximum Gasteiger partial charge on any atom is 0.130 e. The zero-order chi connectivity index (χ0) is 6.81. The number of hydrogen-bond acceptors (Lipinski definition) is 1. The number of para-hydroxylation sites is 1. The first-order valence-electron chi connectivity index (χ1n) is 3.36. The molecule has 0 aliphatic carbocycles. The normalized spacial score (nSPS) is 11.7. The van der Waals surface area contributed by atoms with E-state index in [-0.39, 0.29) is 44.8 Å². The van der Waals surface area contributed by atoms with Gasteiger partial charge in [0, 0.05) is 44.8 Å². The van der Waals surface area contributed by atoms with E-state index in [9.17, 15) is 0 Å². The zero-order valence-corrected chi connectivity index (χ0v) is 9.83. The Kier molecular flexibility index (Phi) is 5.93. The maximum atomic E-state index is 5.24. The van der Waals surface area contributed by atoms with Crippen LogP contribution in [0.1, 0.15) is 5.56 Å². The third-order valence-electron chi connectivity index (χ3n) is 1.60. The first kappa shape index (κ1) is 12.2. The quantitative estimate of drug-likeness (QED) is 0.566. The monoisotopic (exact) mass is 436 g/mol. The molecule has 0 saturated heterocycles. The molecule has 0 aromatic heterocycles. The summed E-state index contributed by atoms with van der Waals surface area (Å²) in [5.41, 5.74) is 1.27. The van der Waals surface area contributed by atoms with Gasteiger partial charge in [0.25, 0.3) is 0 Å². The Labute approximate surface area is 103 Å². The van der Waals surface area contributed by atoms with Crippen molar-refractivity contribution in [1.29, 1.82) is 0 Å². The fourth-order valence-electron chi connectivity index (χ4n) is 1.08. The fraction of sp³-hybridized carbons (Fsp3) is 0.111. The fourth-order valence-corrected chi connectivity index (χ4v) is 1.08. The first-order valence-corrected chi connectivity index (χ1v) is 3.36. The molecule has 3 heteroatoms. The molecule has 0 N–H and O–H groups in total. The molecule has 1 aliphatic rings. The van der Waals surface area contributed by atoms with Crippen LogP contribution < -0.4 is 4.74 Å². The molecule has 0 atom stereocenters. The van der Waals surface area contributed by atoms with Crippen molar-refractivity contribution in [2.45, 2.75) is 6.42 Å². The SMILES string of the molecule is C1=COc2ccccc2C1.[Ag].[Au]. The Balaban J connectivity index is 0.000000605. The third-order valence-corrected chi connectivity index (χ3v) is 1.60. The molecule has 0 saturated carbocycles. The van der Waals surface area contributed by atoms with E-state index in [1.807, 2.05) is 24.3 Å². The van der Waals surface area contributed by atoms with Crippen LogP contribution >= 0.6 is 0 Å². The molecule has 1 nitrogen and oxygen atoms in total. The Morgan fingerprint density at radius 1 is 1.17 bits per heavy atom. The van der Waals surface area contributed by atoms with Crippen molar-refractivity contribution in [3.8, 4) is 5.75 Å². The average molecular weight is 437 g/mol. The van der Waals surface area contributed by atoms with E-state index in [4.69, 9.17) is 4.74 Å². The summed E-state index contributed by atoms with van der Waals surface area (Å²) in [4.78, 5) is 0. The largest absolute Gasteiger partial charge is 0.465 e. The van der Waals surface area contributed by atoms with Crippen LogP contribution in [0.15, 0.2) is 36.6 Å². The summed E-state index contributed by atoms with van der Waals surface area (Å²) in [7, 11) is 0. The summed E-state index contributed by atoms with van der Waals surface area (Å²) in [6.45, 7) is 0. The summed E-state index contributed by atoms with van der Waals surface area (Å²) in [5, 5.41) is 0. The predicted octanol–water partition coefficient (Wildman–Crippen LogP) is 2.13. The Bertz CT molecular complexity index is 246. The van der Waals surface area contributed by atoms with Gasteiger partial charge in [0.2, 0.25) is 0 Å². The minimum Gasteiger partial charge on any atom is -0.465 e. The van der Waals surface area contributed by atoms with Gasteiger partial charge in [-0.25, -0.2) is 0 Å². The molecular formula is C9H8AgAuO. The van der Waals surface area contributed by atoms with Crippen molar-refractivity contribution in [1.82, 2.24) is 0 Å². The molecule has 1 aliphatic heterocycles. The van der Waals surface area contributed by atoms with Crippen molar-refractivity contribution in [2.75, 3.05) is 0 Å². The van der Waals surface area contributed by atoms with Crippen molar-refractivity contribution >= 4 is 0 Å². The second-order valence-electron chi connectivity index (χ2n) is 2.30. The van der Waals surface area contributed by atoms with Gasteiger partial charge in [0.15, 0.2) is 0 Å². The summed E-state index contributed by atoms with van der Waals surface area (Å²) in [5.74, 6) is 0.991. The van der Waals surface area contributed by atoms with Crippen LogP contribution in [-0.2, 0) is 51.2 Å². The molecular weight excluding hydrogens is 429 g/mol. The number of benzene rings is 1. The second kappa shape index (κ2) is 5.81. The van der Waals surface area contributed by atoms with Crippen LogP contribution in [0.2, 0.25) is 0 Å². The van der Waals surface area contributed by atoms with Gasteiger partial charge in [-0.15, -0.1) is 0 Å². The van der Waals surface area contributed by atoms with Crippen LogP contribution in [0.3, 0.4) is 0 Å². The summed E-state index contributed by atoms with van der Waals surface area (Å²) in [6, 6.07) is 8.08. The number of allylic oxidation sites excluding steroid dienone is 1. The van der Waals surface area contributed by atoms with Gasteiger partial charge < -0.3 is 4.74 Å². The Morgan fingerprint density at radius 2 is 1.92 bits per heavy atom. The second-order valence-corrected chi connectivity index (χ2v) is 2.30. The number of rotatable bonds is 0. The first-order chi connectivity index (χ1) is 4.97. The number of hydrogen-bond donors (Lipinski definition) is 0. The third kappa shape index (κ3) is 2.63. The molecule has 72 valence electrons. The van der Waals surface area contributed by atoms with Crippen LogP contribution in [0, 0.1) is 0 Å². The molecule has 0 unspecified atom stereocenters. The van der Waals surface area contributed by atoms with Crippen molar-refractivity contribution in [2.24, 2.45) is 0 Å². The maximum absolute atomic E-state index is 5.24. The number of fused-ring (bicyclic) bond motifs is 1. The van der Waals surface area contributed by atoms with Gasteiger partial charge in [-0.05, 0) is 24.1 Å². The molecule has 0 bridgehead atoms. The van der Waals surface area contributed by atoms with Gasteiger partial charge in [0.05, 0.1) is 6.26 Å². The molecule has 0 spiro atoms. The van der Waals surface area contributed by atoms with Crippen LogP contribution in [-0.4, -0.2) is 0 Å². The molecule has 1 heterocycles. The van der Waals surface area contributed by atoms with E-state index in [1.54, 1.807) is 6.26 Å². The smallest absolute Gasteiger partial charge is 0.130 e. The van der Waals surface area contributed by atoms with E-state index in [1.165, 1.54) is 5.56 Å². The molecule has 1 aromatic rings. The van der Waals surface area contributed by atoms with E-state index < -0.39 is 0 Å². The minimum atomic E-state index is 0. The molecule has 2 rings (SSSR count). The predicted molar refractivity (Wildman–Crippen MR) is 39.9 cm³/mol. The summed E-state index contributed by atoms with van der Waals surface area (Å²) < 4.78 is 5.24. The van der Waals surface area contributed by atoms with Crippen molar-refractivity contribution in [3.63, 3.8) is 0 Å². The standard InChI is InChI=1S/C9H8O.Ag.Au/c1-2-6-9-8(4-1)5-3-7-10-9;;/h1-4,6-7H,5H2;;.